The van der Waals surface area contributed by atoms with Crippen molar-refractivity contribution < 1.29 is 10.2 Å². The summed E-state index contributed by atoms with van der Waals surface area (Å²) in [4.78, 5) is 0. The highest BCUT2D eigenvalue weighted by atomic mass is 35.5. The number of hydrogen-bond donors (Lipinski definition) is 2. The van der Waals surface area contributed by atoms with Crippen molar-refractivity contribution >= 4 is 22.5 Å². The maximum Gasteiger partial charge on any atom is 0.0769 e. The van der Waals surface area contributed by atoms with E-state index < -0.39 is 5.60 Å². The Bertz CT molecular complexity index is 1080. The molecule has 1 unspecified atom stereocenters. The summed E-state index contributed by atoms with van der Waals surface area (Å²) in [6.07, 6.45) is 12.1. The van der Waals surface area contributed by atoms with Crippen LogP contribution in [0.2, 0.25) is 5.02 Å². The molecule has 2 aromatic rings. The molecule has 9 atom stereocenters. The van der Waals surface area contributed by atoms with Crippen molar-refractivity contribution in [1.29, 1.82) is 0 Å². The molecule has 0 amide bonds. The Kier molecular flexibility index (Phi) is 5.45. The van der Waals surface area contributed by atoms with Crippen LogP contribution in [0.15, 0.2) is 24.4 Å². The third kappa shape index (κ3) is 3.50. The fourth-order valence-corrected chi connectivity index (χ4v) is 9.79. The predicted octanol–water partition coefficient (Wildman–Crippen LogP) is 6.46. The van der Waals surface area contributed by atoms with Crippen LogP contribution in [0.3, 0.4) is 0 Å². The number of hydrogen-bond acceptors (Lipinski definition) is 3. The lowest BCUT2D eigenvalue weighted by molar-refractivity contribution is -0.150. The molecular weight excluding hydrogens is 444 g/mol. The molecule has 34 heavy (non-hydrogen) atoms. The summed E-state index contributed by atoms with van der Waals surface area (Å²) in [6.45, 7) is 7.66. The summed E-state index contributed by atoms with van der Waals surface area (Å²) in [6, 6.07) is 5.87. The monoisotopic (exact) mass is 484 g/mol. The summed E-state index contributed by atoms with van der Waals surface area (Å²) in [5.74, 6) is 3.30. The predicted molar refractivity (Wildman–Crippen MR) is 137 cm³/mol. The number of aromatic nitrogens is 2. The van der Waals surface area contributed by atoms with E-state index in [1.165, 1.54) is 38.5 Å². The lowest BCUT2D eigenvalue weighted by Crippen LogP contribution is -2.56. The van der Waals surface area contributed by atoms with Gasteiger partial charge in [-0.05, 0) is 123 Å². The minimum absolute atomic E-state index is 0.218. The van der Waals surface area contributed by atoms with Crippen molar-refractivity contribution in [2.45, 2.75) is 96.8 Å². The maximum atomic E-state index is 11.5. The van der Waals surface area contributed by atoms with Crippen LogP contribution in [0.5, 0.6) is 0 Å². The Morgan fingerprint density at radius 1 is 1.03 bits per heavy atom. The smallest absolute Gasteiger partial charge is 0.0769 e. The van der Waals surface area contributed by atoms with Crippen LogP contribution in [-0.4, -0.2) is 31.7 Å². The van der Waals surface area contributed by atoms with E-state index in [2.05, 4.69) is 25.9 Å². The van der Waals surface area contributed by atoms with Gasteiger partial charge in [0.25, 0.3) is 0 Å². The van der Waals surface area contributed by atoms with Crippen molar-refractivity contribution in [2.75, 3.05) is 0 Å². The van der Waals surface area contributed by atoms with Crippen molar-refractivity contribution in [2.24, 2.45) is 40.4 Å². The quantitative estimate of drug-likeness (QED) is 0.525. The highest BCUT2D eigenvalue weighted by molar-refractivity contribution is 6.31. The van der Waals surface area contributed by atoms with Gasteiger partial charge in [-0.25, -0.2) is 0 Å². The van der Waals surface area contributed by atoms with Gasteiger partial charge in [0.2, 0.25) is 0 Å². The lowest BCUT2D eigenvalue weighted by atomic mass is 9.44. The van der Waals surface area contributed by atoms with Crippen LogP contribution in [0.25, 0.3) is 10.9 Å². The zero-order chi connectivity index (χ0) is 23.9. The summed E-state index contributed by atoms with van der Waals surface area (Å²) in [7, 11) is 0. The van der Waals surface area contributed by atoms with E-state index in [-0.39, 0.29) is 11.5 Å². The topological polar surface area (TPSA) is 58.3 Å². The molecule has 4 fully saturated rings. The fourth-order valence-electron chi connectivity index (χ4n) is 9.61. The zero-order valence-corrected chi connectivity index (χ0v) is 21.8. The summed E-state index contributed by atoms with van der Waals surface area (Å²) in [5.41, 5.74) is 1.19. The summed E-state index contributed by atoms with van der Waals surface area (Å²) < 4.78 is 1.97. The molecule has 0 bridgehead atoms. The van der Waals surface area contributed by atoms with Crippen LogP contribution >= 0.6 is 11.6 Å². The number of halogens is 1. The molecule has 5 heteroatoms. The van der Waals surface area contributed by atoms with Crippen LogP contribution < -0.4 is 0 Å². The Labute approximate surface area is 209 Å². The van der Waals surface area contributed by atoms with Crippen LogP contribution in [-0.2, 0) is 6.54 Å². The molecule has 2 N–H and O–H groups in total. The second-order valence-electron chi connectivity index (χ2n) is 13.2. The van der Waals surface area contributed by atoms with Crippen LogP contribution in [0, 0.1) is 40.4 Å². The first-order valence-corrected chi connectivity index (χ1v) is 14.0. The summed E-state index contributed by atoms with van der Waals surface area (Å²) >= 11 is 6.16. The van der Waals surface area contributed by atoms with E-state index >= 15 is 0 Å². The average molecular weight is 485 g/mol. The van der Waals surface area contributed by atoms with E-state index in [4.69, 9.17) is 11.6 Å². The second-order valence-corrected chi connectivity index (χ2v) is 13.6. The van der Waals surface area contributed by atoms with Gasteiger partial charge < -0.3 is 10.2 Å². The van der Waals surface area contributed by atoms with E-state index in [0.29, 0.717) is 23.8 Å². The molecule has 0 saturated heterocycles. The SMILES string of the molecule is C[C@@]1(O)CC[C@@]2(C)[C@@H](CC[C@@H]3[C@@H]2CC[C@]2(C)[C@@H](C(O)Cn4ncc5cc(Cl)ccc54)CC[C@@H]32)C1. The Hall–Kier alpha value is -1.10. The zero-order valence-electron chi connectivity index (χ0n) is 21.0. The number of nitrogens with zero attached hydrogens (tertiary/aromatic N) is 2. The van der Waals surface area contributed by atoms with Gasteiger partial charge in [0.1, 0.15) is 0 Å². The second kappa shape index (κ2) is 7.95. The van der Waals surface area contributed by atoms with Gasteiger partial charge in [0, 0.05) is 10.4 Å². The van der Waals surface area contributed by atoms with Crippen molar-refractivity contribution in [3.8, 4) is 0 Å². The van der Waals surface area contributed by atoms with Gasteiger partial charge in [-0.2, -0.15) is 5.10 Å². The van der Waals surface area contributed by atoms with Crippen LogP contribution in [0.4, 0.5) is 0 Å². The molecule has 0 aliphatic heterocycles. The molecule has 4 saturated carbocycles. The van der Waals surface area contributed by atoms with E-state index in [1.54, 1.807) is 0 Å². The number of benzene rings is 1. The van der Waals surface area contributed by atoms with Gasteiger partial charge in [0.15, 0.2) is 0 Å². The molecule has 0 spiro atoms. The van der Waals surface area contributed by atoms with E-state index in [9.17, 15) is 10.2 Å². The molecular formula is C29H41ClN2O2. The molecule has 4 aliphatic carbocycles. The molecule has 1 heterocycles. The van der Waals surface area contributed by atoms with E-state index in [0.717, 1.165) is 52.9 Å². The van der Waals surface area contributed by atoms with Gasteiger partial charge in [0.05, 0.1) is 30.0 Å². The van der Waals surface area contributed by atoms with Gasteiger partial charge in [-0.1, -0.05) is 25.4 Å². The van der Waals surface area contributed by atoms with Crippen molar-refractivity contribution in [3.05, 3.63) is 29.4 Å². The van der Waals surface area contributed by atoms with Crippen molar-refractivity contribution in [1.82, 2.24) is 9.78 Å². The minimum atomic E-state index is -0.467. The van der Waals surface area contributed by atoms with Gasteiger partial charge in [-0.15, -0.1) is 0 Å². The molecule has 1 aromatic carbocycles. The first-order chi connectivity index (χ1) is 16.1. The Balaban J connectivity index is 1.21. The highest BCUT2D eigenvalue weighted by Gasteiger charge is 2.61. The Morgan fingerprint density at radius 3 is 2.65 bits per heavy atom. The number of fused-ring (bicyclic) bond motifs is 6. The molecule has 186 valence electrons. The van der Waals surface area contributed by atoms with Gasteiger partial charge >= 0.3 is 0 Å². The normalized spacial score (nSPS) is 44.9. The average Bonchev–Trinajstić information content (AvgIpc) is 3.34. The van der Waals surface area contributed by atoms with Crippen LogP contribution in [0.1, 0.15) is 78.6 Å². The first kappa shape index (κ1) is 23.3. The van der Waals surface area contributed by atoms with Gasteiger partial charge in [-0.3, -0.25) is 4.68 Å². The van der Waals surface area contributed by atoms with E-state index in [1.807, 2.05) is 29.1 Å². The highest BCUT2D eigenvalue weighted by Crippen LogP contribution is 2.68. The number of aliphatic hydroxyl groups is 2. The number of aliphatic hydroxyl groups excluding tert-OH is 1. The maximum absolute atomic E-state index is 11.5. The Morgan fingerprint density at radius 2 is 1.82 bits per heavy atom. The fraction of sp³-hybridized carbons (Fsp3) is 0.759. The first-order valence-electron chi connectivity index (χ1n) is 13.6. The van der Waals surface area contributed by atoms with Crippen molar-refractivity contribution in [3.63, 3.8) is 0 Å². The largest absolute Gasteiger partial charge is 0.391 e. The molecule has 4 aliphatic rings. The third-order valence-corrected chi connectivity index (χ3v) is 11.7. The standard InChI is InChI=1S/C29H41ClN2O2/c1-27(34)12-13-28(2)19(15-27)4-6-21-22-7-8-24(29(22,3)11-10-23(21)28)26(33)17-32-25-9-5-20(30)14-18(25)16-31-32/h5,9,14,16,19,21-24,26,33-34H,4,6-8,10-13,15,17H2,1-3H3/t19-,21-,22-,23-,24+,26?,27+,28-,29-/m0/s1. The molecule has 1 aromatic heterocycles. The lowest BCUT2D eigenvalue weighted by Gasteiger charge is -2.62. The number of rotatable bonds is 3. The molecule has 6 rings (SSSR count). The summed E-state index contributed by atoms with van der Waals surface area (Å²) in [5, 5.41) is 28.6. The third-order valence-electron chi connectivity index (χ3n) is 11.5. The minimum Gasteiger partial charge on any atom is -0.391 e. The molecule has 4 nitrogen and oxygen atoms in total. The molecule has 0 radical (unpaired) electrons.